The topological polar surface area (TPSA) is 132 Å². The van der Waals surface area contributed by atoms with Crippen LogP contribution in [0.1, 0.15) is 32.8 Å². The Bertz CT molecular complexity index is 892. The Morgan fingerprint density at radius 2 is 1.69 bits per heavy atom. The number of benzene rings is 1. The predicted molar refractivity (Wildman–Crippen MR) is 134 cm³/mol. The number of hydrogen-bond donors (Lipinski definition) is 3. The summed E-state index contributed by atoms with van der Waals surface area (Å²) in [5.74, 6) is -1.07. The highest BCUT2D eigenvalue weighted by molar-refractivity contribution is 7.56. The quantitative estimate of drug-likeness (QED) is 0.175. The van der Waals surface area contributed by atoms with Crippen molar-refractivity contribution in [3.63, 3.8) is 0 Å². The van der Waals surface area contributed by atoms with Crippen LogP contribution in [0.4, 0.5) is 4.79 Å². The SMILES string of the molecule is C=CCOC(=O)[C@H](CC(C)C)NC(=O)[C@H](C)NP(=O)(CNC(=O)OCc1ccccc1)OCC=C. The first-order valence-electron chi connectivity index (χ1n) is 11.2. The second kappa shape index (κ2) is 15.9. The Morgan fingerprint density at radius 3 is 2.29 bits per heavy atom. The lowest BCUT2D eigenvalue weighted by molar-refractivity contribution is -0.147. The molecule has 1 aromatic carbocycles. The van der Waals surface area contributed by atoms with Crippen molar-refractivity contribution in [3.8, 4) is 0 Å². The van der Waals surface area contributed by atoms with E-state index < -0.39 is 43.9 Å². The molecular formula is C24H36N3O7P. The highest BCUT2D eigenvalue weighted by Crippen LogP contribution is 2.41. The third kappa shape index (κ3) is 12.4. The fraction of sp³-hybridized carbons (Fsp3) is 0.458. The molecule has 11 heteroatoms. The molecular weight excluding hydrogens is 473 g/mol. The van der Waals surface area contributed by atoms with Gasteiger partial charge in [-0.3, -0.25) is 9.36 Å². The van der Waals surface area contributed by atoms with Crippen LogP contribution in [0.5, 0.6) is 0 Å². The Labute approximate surface area is 207 Å². The molecule has 0 fully saturated rings. The number of esters is 1. The molecule has 0 aliphatic rings. The zero-order chi connectivity index (χ0) is 26.3. The lowest BCUT2D eigenvalue weighted by Crippen LogP contribution is -2.49. The van der Waals surface area contributed by atoms with Crippen LogP contribution >= 0.6 is 7.52 Å². The molecule has 0 aromatic heterocycles. The molecule has 1 rings (SSSR count). The third-order valence-corrected chi connectivity index (χ3v) is 6.40. The Morgan fingerprint density at radius 1 is 1.03 bits per heavy atom. The standard InChI is InChI=1S/C24H36N3O7P/c1-6-13-32-23(29)21(15-18(3)4)26-22(28)19(5)27-35(31,34-14-7-2)17-25-24(30)33-16-20-11-9-8-10-12-20/h6-12,18-19,21H,1-2,13-17H2,3-5H3,(H,25,30)(H,26,28)(H,27,31)/t19-,21-,35?/m0/s1. The molecule has 0 spiro atoms. The summed E-state index contributed by atoms with van der Waals surface area (Å²) in [6.07, 6.45) is 1.95. The molecule has 3 N–H and O–H groups in total. The predicted octanol–water partition coefficient (Wildman–Crippen LogP) is 3.50. The number of nitrogens with one attached hydrogen (secondary N) is 3. The first kappa shape index (κ1) is 30.1. The first-order valence-corrected chi connectivity index (χ1v) is 13.1. The molecule has 1 unspecified atom stereocenters. The van der Waals surface area contributed by atoms with Gasteiger partial charge >= 0.3 is 12.1 Å². The van der Waals surface area contributed by atoms with E-state index in [4.69, 9.17) is 14.0 Å². The largest absolute Gasteiger partial charge is 0.460 e. The summed E-state index contributed by atoms with van der Waals surface area (Å²) in [5.41, 5.74) is 0.791. The Kier molecular flexibility index (Phi) is 13.6. The highest BCUT2D eigenvalue weighted by atomic mass is 31.2. The maximum absolute atomic E-state index is 13.3. The number of ether oxygens (including phenoxy) is 2. The van der Waals surface area contributed by atoms with Crippen molar-refractivity contribution >= 4 is 25.5 Å². The monoisotopic (exact) mass is 509 g/mol. The Balaban J connectivity index is 2.74. The van der Waals surface area contributed by atoms with Gasteiger partial charge in [-0.2, -0.15) is 0 Å². The van der Waals surface area contributed by atoms with Crippen molar-refractivity contribution in [1.29, 1.82) is 0 Å². The van der Waals surface area contributed by atoms with Gasteiger partial charge < -0.3 is 24.6 Å². The fourth-order valence-corrected chi connectivity index (χ4v) is 4.47. The van der Waals surface area contributed by atoms with Gasteiger partial charge in [-0.1, -0.05) is 62.9 Å². The molecule has 0 bridgehead atoms. The minimum atomic E-state index is -3.73. The maximum atomic E-state index is 13.3. The molecule has 0 radical (unpaired) electrons. The van der Waals surface area contributed by atoms with E-state index >= 15 is 0 Å². The molecule has 0 saturated heterocycles. The van der Waals surface area contributed by atoms with Crippen LogP contribution < -0.4 is 15.7 Å². The van der Waals surface area contributed by atoms with Gasteiger partial charge in [0.2, 0.25) is 5.91 Å². The van der Waals surface area contributed by atoms with E-state index in [0.29, 0.717) is 6.42 Å². The second-order valence-corrected chi connectivity index (χ2v) is 10.3. The van der Waals surface area contributed by atoms with E-state index in [2.05, 4.69) is 28.9 Å². The Hall–Kier alpha value is -2.94. The molecule has 35 heavy (non-hydrogen) atoms. The van der Waals surface area contributed by atoms with Crippen molar-refractivity contribution in [1.82, 2.24) is 15.7 Å². The zero-order valence-corrected chi connectivity index (χ0v) is 21.4. The first-order chi connectivity index (χ1) is 16.6. The van der Waals surface area contributed by atoms with Gasteiger partial charge in [0.1, 0.15) is 25.5 Å². The molecule has 0 aliphatic carbocycles. The summed E-state index contributed by atoms with van der Waals surface area (Å²) in [5, 5.41) is 7.65. The summed E-state index contributed by atoms with van der Waals surface area (Å²) >= 11 is 0. The third-order valence-electron chi connectivity index (χ3n) is 4.48. The fourth-order valence-electron chi connectivity index (χ4n) is 2.82. The van der Waals surface area contributed by atoms with Crippen molar-refractivity contribution in [2.75, 3.05) is 19.5 Å². The van der Waals surface area contributed by atoms with Gasteiger partial charge in [0, 0.05) is 0 Å². The van der Waals surface area contributed by atoms with Crippen LogP contribution in [-0.4, -0.2) is 49.6 Å². The van der Waals surface area contributed by atoms with E-state index in [-0.39, 0.29) is 25.7 Å². The van der Waals surface area contributed by atoms with Crippen LogP contribution in [0.15, 0.2) is 55.6 Å². The number of rotatable bonds is 16. The van der Waals surface area contributed by atoms with Gasteiger partial charge in [-0.05, 0) is 24.8 Å². The summed E-state index contributed by atoms with van der Waals surface area (Å²) < 4.78 is 28.8. The van der Waals surface area contributed by atoms with E-state index in [1.807, 2.05) is 32.0 Å². The zero-order valence-electron chi connectivity index (χ0n) is 20.5. The summed E-state index contributed by atoms with van der Waals surface area (Å²) in [6.45, 7) is 12.3. The van der Waals surface area contributed by atoms with Crippen LogP contribution in [0, 0.1) is 5.92 Å². The summed E-state index contributed by atoms with van der Waals surface area (Å²) in [4.78, 5) is 37.1. The average molecular weight is 510 g/mol. The average Bonchev–Trinajstić information content (AvgIpc) is 2.83. The molecule has 10 nitrogen and oxygen atoms in total. The minimum Gasteiger partial charge on any atom is -0.460 e. The van der Waals surface area contributed by atoms with Gasteiger partial charge in [0.15, 0.2) is 0 Å². The molecule has 1 aromatic rings. The van der Waals surface area contributed by atoms with E-state index in [9.17, 15) is 18.9 Å². The number of alkyl carbamates (subject to hydrolysis) is 1. The number of hydrogen-bond acceptors (Lipinski definition) is 7. The minimum absolute atomic E-state index is 0.0216. The second-order valence-electron chi connectivity index (χ2n) is 8.11. The van der Waals surface area contributed by atoms with Crippen molar-refractivity contribution < 1.29 is 32.9 Å². The van der Waals surface area contributed by atoms with Gasteiger partial charge in [0.05, 0.1) is 12.6 Å². The lowest BCUT2D eigenvalue weighted by atomic mass is 10.0. The van der Waals surface area contributed by atoms with E-state index in [1.165, 1.54) is 19.1 Å². The van der Waals surface area contributed by atoms with Crippen molar-refractivity contribution in [3.05, 3.63) is 61.2 Å². The van der Waals surface area contributed by atoms with E-state index in [0.717, 1.165) is 5.56 Å². The van der Waals surface area contributed by atoms with Crippen LogP contribution in [0.3, 0.4) is 0 Å². The number of carbonyl (C=O) groups is 3. The molecule has 0 aliphatic heterocycles. The van der Waals surface area contributed by atoms with Gasteiger partial charge in [-0.15, -0.1) is 6.58 Å². The maximum Gasteiger partial charge on any atom is 0.407 e. The van der Waals surface area contributed by atoms with Gasteiger partial charge in [0.25, 0.3) is 7.52 Å². The lowest BCUT2D eigenvalue weighted by Gasteiger charge is -2.25. The highest BCUT2D eigenvalue weighted by Gasteiger charge is 2.31. The smallest absolute Gasteiger partial charge is 0.407 e. The molecule has 194 valence electrons. The normalized spacial score (nSPS) is 14.2. The molecule has 3 atom stereocenters. The van der Waals surface area contributed by atoms with E-state index in [1.54, 1.807) is 12.1 Å². The summed E-state index contributed by atoms with van der Waals surface area (Å²) in [7, 11) is -3.73. The molecule has 2 amide bonds. The number of carbonyl (C=O) groups excluding carboxylic acids is 3. The van der Waals surface area contributed by atoms with Crippen molar-refractivity contribution in [2.45, 2.75) is 45.9 Å². The molecule has 0 saturated carbocycles. The van der Waals surface area contributed by atoms with Crippen molar-refractivity contribution in [2.24, 2.45) is 5.92 Å². The van der Waals surface area contributed by atoms with Crippen LogP contribution in [-0.2, 0) is 34.8 Å². The molecule has 0 heterocycles. The van der Waals surface area contributed by atoms with Gasteiger partial charge in [-0.25, -0.2) is 14.7 Å². The summed E-state index contributed by atoms with van der Waals surface area (Å²) in [6, 6.07) is 7.17. The van der Waals surface area contributed by atoms with Crippen LogP contribution in [0.2, 0.25) is 0 Å². The number of amides is 2. The van der Waals surface area contributed by atoms with Crippen LogP contribution in [0.25, 0.3) is 0 Å².